The van der Waals surface area contributed by atoms with E-state index in [9.17, 15) is 0 Å². The number of hydrogen-bond acceptors (Lipinski definition) is 4. The molecule has 2 rings (SSSR count). The molecule has 0 spiro atoms. The molecule has 1 saturated carbocycles. The van der Waals surface area contributed by atoms with Gasteiger partial charge in [0.05, 0.1) is 16.6 Å². The fraction of sp³-hybridized carbons (Fsp3) is 0.600. The smallest absolute Gasteiger partial charge is 0.222 e. The highest BCUT2D eigenvalue weighted by atomic mass is 79.9. The van der Waals surface area contributed by atoms with Crippen molar-refractivity contribution in [3.8, 4) is 0 Å². The van der Waals surface area contributed by atoms with Crippen molar-refractivity contribution in [1.82, 2.24) is 9.97 Å². The minimum Gasteiger partial charge on any atom is -0.379 e. The number of methoxy groups -OCH3 is 1. The van der Waals surface area contributed by atoms with Crippen LogP contribution in [0, 0.1) is 0 Å². The molecule has 4 nitrogen and oxygen atoms in total. The molecule has 1 aromatic rings. The molecule has 5 heteroatoms. The van der Waals surface area contributed by atoms with Crippen molar-refractivity contribution < 1.29 is 4.74 Å². The summed E-state index contributed by atoms with van der Waals surface area (Å²) in [5.74, 6) is 0.673. The summed E-state index contributed by atoms with van der Waals surface area (Å²) in [6.07, 6.45) is 7.21. The second kappa shape index (κ2) is 4.90. The lowest BCUT2D eigenvalue weighted by molar-refractivity contribution is 0.101. The molecule has 0 amide bonds. The number of halogens is 1. The lowest BCUT2D eigenvalue weighted by Crippen LogP contribution is -2.30. The van der Waals surface area contributed by atoms with Crippen molar-refractivity contribution in [3.05, 3.63) is 16.9 Å². The highest BCUT2D eigenvalue weighted by molar-refractivity contribution is 9.10. The normalized spacial score (nSPS) is 25.5. The van der Waals surface area contributed by atoms with Gasteiger partial charge in [0.25, 0.3) is 0 Å². The standard InChI is InChI=1S/C10H14BrN3O/c1-15-9-4-2-3-8(9)14-10-12-5-7(11)6-13-10/h5-6,8-9H,2-4H2,1H3,(H,12,13,14). The van der Waals surface area contributed by atoms with Crippen LogP contribution >= 0.6 is 15.9 Å². The predicted molar refractivity (Wildman–Crippen MR) is 61.8 cm³/mol. The van der Waals surface area contributed by atoms with E-state index in [4.69, 9.17) is 4.74 Å². The van der Waals surface area contributed by atoms with Gasteiger partial charge in [-0.1, -0.05) is 0 Å². The Morgan fingerprint density at radius 1 is 1.40 bits per heavy atom. The summed E-state index contributed by atoms with van der Waals surface area (Å²) in [5, 5.41) is 3.30. The molecule has 0 radical (unpaired) electrons. The molecular formula is C10H14BrN3O. The van der Waals surface area contributed by atoms with Crippen LogP contribution < -0.4 is 5.32 Å². The maximum absolute atomic E-state index is 5.39. The molecule has 0 aromatic carbocycles. The topological polar surface area (TPSA) is 47.0 Å². The minimum atomic E-state index is 0.289. The molecule has 1 heterocycles. The van der Waals surface area contributed by atoms with E-state index in [0.29, 0.717) is 12.0 Å². The van der Waals surface area contributed by atoms with Crippen molar-refractivity contribution in [2.75, 3.05) is 12.4 Å². The van der Waals surface area contributed by atoms with Gasteiger partial charge in [-0.3, -0.25) is 0 Å². The summed E-state index contributed by atoms with van der Waals surface area (Å²) in [6.45, 7) is 0. The third-order valence-corrected chi connectivity index (χ3v) is 3.10. The van der Waals surface area contributed by atoms with Crippen LogP contribution in [0.5, 0.6) is 0 Å². The molecule has 2 unspecified atom stereocenters. The molecule has 1 N–H and O–H groups in total. The highest BCUT2D eigenvalue weighted by Gasteiger charge is 2.27. The zero-order valence-electron chi connectivity index (χ0n) is 8.61. The van der Waals surface area contributed by atoms with Crippen LogP contribution in [0.4, 0.5) is 5.95 Å². The molecule has 15 heavy (non-hydrogen) atoms. The fourth-order valence-corrected chi connectivity index (χ4v) is 2.13. The van der Waals surface area contributed by atoms with Gasteiger partial charge in [0.1, 0.15) is 0 Å². The van der Waals surface area contributed by atoms with E-state index in [1.54, 1.807) is 19.5 Å². The Morgan fingerprint density at radius 2 is 2.13 bits per heavy atom. The third kappa shape index (κ3) is 2.66. The molecule has 0 aliphatic heterocycles. The van der Waals surface area contributed by atoms with E-state index in [-0.39, 0.29) is 6.10 Å². The van der Waals surface area contributed by atoms with Crippen molar-refractivity contribution in [2.24, 2.45) is 0 Å². The first-order valence-corrected chi connectivity index (χ1v) is 5.86. The van der Waals surface area contributed by atoms with Crippen LogP contribution in [0.25, 0.3) is 0 Å². The maximum atomic E-state index is 5.39. The number of ether oxygens (including phenoxy) is 1. The molecule has 82 valence electrons. The van der Waals surface area contributed by atoms with Crippen LogP contribution in [0.3, 0.4) is 0 Å². The number of nitrogens with one attached hydrogen (secondary N) is 1. The number of nitrogens with zero attached hydrogens (tertiary/aromatic N) is 2. The lowest BCUT2D eigenvalue weighted by atomic mass is 10.2. The van der Waals surface area contributed by atoms with Gasteiger partial charge in [-0.25, -0.2) is 9.97 Å². The molecular weight excluding hydrogens is 258 g/mol. The Bertz CT molecular complexity index is 317. The van der Waals surface area contributed by atoms with E-state index < -0.39 is 0 Å². The Labute approximate surface area is 97.6 Å². The first-order valence-electron chi connectivity index (χ1n) is 5.06. The SMILES string of the molecule is COC1CCCC1Nc1ncc(Br)cn1. The Hall–Kier alpha value is -0.680. The quantitative estimate of drug-likeness (QED) is 0.916. The zero-order valence-corrected chi connectivity index (χ0v) is 10.2. The Morgan fingerprint density at radius 3 is 2.80 bits per heavy atom. The Balaban J connectivity index is 1.99. The monoisotopic (exact) mass is 271 g/mol. The average Bonchev–Trinajstić information content (AvgIpc) is 2.69. The number of rotatable bonds is 3. The van der Waals surface area contributed by atoms with Crippen LogP contribution in [-0.4, -0.2) is 29.2 Å². The number of aromatic nitrogens is 2. The van der Waals surface area contributed by atoms with E-state index in [1.807, 2.05) is 0 Å². The van der Waals surface area contributed by atoms with E-state index >= 15 is 0 Å². The number of hydrogen-bond donors (Lipinski definition) is 1. The largest absolute Gasteiger partial charge is 0.379 e. The van der Waals surface area contributed by atoms with Gasteiger partial charge < -0.3 is 10.1 Å². The third-order valence-electron chi connectivity index (χ3n) is 2.69. The van der Waals surface area contributed by atoms with Crippen LogP contribution in [0.2, 0.25) is 0 Å². The van der Waals surface area contributed by atoms with E-state index in [0.717, 1.165) is 17.3 Å². The second-order valence-corrected chi connectivity index (χ2v) is 4.60. The molecule has 2 atom stereocenters. The van der Waals surface area contributed by atoms with Gasteiger partial charge in [-0.05, 0) is 35.2 Å². The first kappa shape index (κ1) is 10.8. The van der Waals surface area contributed by atoms with Crippen LogP contribution in [0.1, 0.15) is 19.3 Å². The molecule has 1 aliphatic rings. The molecule has 1 aliphatic carbocycles. The second-order valence-electron chi connectivity index (χ2n) is 3.68. The molecule has 0 saturated heterocycles. The molecule has 0 bridgehead atoms. The lowest BCUT2D eigenvalue weighted by Gasteiger charge is -2.19. The first-order chi connectivity index (χ1) is 7.29. The van der Waals surface area contributed by atoms with Gasteiger partial charge >= 0.3 is 0 Å². The van der Waals surface area contributed by atoms with Gasteiger partial charge in [0.2, 0.25) is 5.95 Å². The van der Waals surface area contributed by atoms with Crippen LogP contribution in [-0.2, 0) is 4.74 Å². The van der Waals surface area contributed by atoms with Gasteiger partial charge in [0.15, 0.2) is 0 Å². The Kier molecular flexibility index (Phi) is 3.53. The van der Waals surface area contributed by atoms with Gasteiger partial charge in [0, 0.05) is 19.5 Å². The highest BCUT2D eigenvalue weighted by Crippen LogP contribution is 2.23. The van der Waals surface area contributed by atoms with Crippen molar-refractivity contribution in [1.29, 1.82) is 0 Å². The minimum absolute atomic E-state index is 0.289. The maximum Gasteiger partial charge on any atom is 0.222 e. The van der Waals surface area contributed by atoms with Crippen molar-refractivity contribution >= 4 is 21.9 Å². The van der Waals surface area contributed by atoms with Crippen molar-refractivity contribution in [3.63, 3.8) is 0 Å². The summed E-state index contributed by atoms with van der Waals surface area (Å²) in [6, 6.07) is 0.344. The van der Waals surface area contributed by atoms with Crippen molar-refractivity contribution in [2.45, 2.75) is 31.4 Å². The fourth-order valence-electron chi connectivity index (χ4n) is 1.93. The average molecular weight is 272 g/mol. The van der Waals surface area contributed by atoms with E-state index in [1.165, 1.54) is 6.42 Å². The zero-order chi connectivity index (χ0) is 10.7. The summed E-state index contributed by atoms with van der Waals surface area (Å²) in [5.41, 5.74) is 0. The molecule has 1 fully saturated rings. The van der Waals surface area contributed by atoms with E-state index in [2.05, 4.69) is 31.2 Å². The summed E-state index contributed by atoms with van der Waals surface area (Å²) < 4.78 is 6.28. The van der Waals surface area contributed by atoms with Gasteiger partial charge in [-0.2, -0.15) is 0 Å². The number of anilines is 1. The summed E-state index contributed by atoms with van der Waals surface area (Å²) >= 11 is 3.31. The molecule has 1 aromatic heterocycles. The summed E-state index contributed by atoms with van der Waals surface area (Å²) in [4.78, 5) is 8.37. The summed E-state index contributed by atoms with van der Waals surface area (Å²) in [7, 11) is 1.76. The van der Waals surface area contributed by atoms with Gasteiger partial charge in [-0.15, -0.1) is 0 Å². The predicted octanol–water partition coefficient (Wildman–Crippen LogP) is 2.22. The van der Waals surface area contributed by atoms with Crippen LogP contribution in [0.15, 0.2) is 16.9 Å².